The lowest BCUT2D eigenvalue weighted by atomic mass is 10.0. The molecule has 0 aliphatic heterocycles. The quantitative estimate of drug-likeness (QED) is 0.186. The Balaban J connectivity index is 1.80. The number of benzene rings is 1. The molecule has 1 aliphatic rings. The third-order valence-corrected chi connectivity index (χ3v) is 4.46. The number of hydrogen-bond acceptors (Lipinski definition) is 5. The maximum atomic E-state index is 12.1. The van der Waals surface area contributed by atoms with Crippen molar-refractivity contribution >= 4 is 23.8 Å². The molecule has 0 unspecified atom stereocenters. The standard InChI is InChI=1S/C21H26O5/c1-16(22)19(15-17-9-5-4-6-10-17)21(24)26-14-13-25-20(23)18-11-7-2-3-8-12-18/h4-6,9-10,15,18H,2-3,7-8,11-14H2,1H3/b19-15+. The van der Waals surface area contributed by atoms with E-state index in [2.05, 4.69) is 0 Å². The fourth-order valence-corrected chi connectivity index (χ4v) is 3.01. The van der Waals surface area contributed by atoms with Gasteiger partial charge >= 0.3 is 11.9 Å². The second-order valence-corrected chi connectivity index (χ2v) is 6.52. The number of carbonyl (C=O) groups excluding carboxylic acids is 3. The Labute approximate surface area is 154 Å². The number of ketones is 1. The Kier molecular flexibility index (Phi) is 8.06. The van der Waals surface area contributed by atoms with Crippen LogP contribution in [0.2, 0.25) is 0 Å². The second kappa shape index (κ2) is 10.5. The number of ether oxygens (including phenoxy) is 2. The molecular formula is C21H26O5. The van der Waals surface area contributed by atoms with E-state index in [1.54, 1.807) is 12.1 Å². The zero-order valence-electron chi connectivity index (χ0n) is 15.2. The largest absolute Gasteiger partial charge is 0.462 e. The van der Waals surface area contributed by atoms with E-state index in [1.165, 1.54) is 25.8 Å². The molecule has 1 fully saturated rings. The second-order valence-electron chi connectivity index (χ2n) is 6.52. The number of hydrogen-bond donors (Lipinski definition) is 0. The highest BCUT2D eigenvalue weighted by Crippen LogP contribution is 2.23. The summed E-state index contributed by atoms with van der Waals surface area (Å²) < 4.78 is 10.3. The van der Waals surface area contributed by atoms with Crippen molar-refractivity contribution in [1.82, 2.24) is 0 Å². The summed E-state index contributed by atoms with van der Waals surface area (Å²) in [5.74, 6) is -1.32. The Morgan fingerprint density at radius 3 is 2.19 bits per heavy atom. The Bertz CT molecular complexity index is 640. The van der Waals surface area contributed by atoms with Crippen LogP contribution in [0.5, 0.6) is 0 Å². The number of rotatable bonds is 7. The van der Waals surface area contributed by atoms with Gasteiger partial charge in [0.15, 0.2) is 5.78 Å². The normalized spacial score (nSPS) is 15.8. The summed E-state index contributed by atoms with van der Waals surface area (Å²) in [5.41, 5.74) is 0.723. The van der Waals surface area contributed by atoms with Gasteiger partial charge in [0.1, 0.15) is 18.8 Å². The van der Waals surface area contributed by atoms with E-state index >= 15 is 0 Å². The van der Waals surface area contributed by atoms with E-state index in [1.807, 2.05) is 18.2 Å². The van der Waals surface area contributed by atoms with Crippen molar-refractivity contribution in [1.29, 1.82) is 0 Å². The molecule has 1 saturated carbocycles. The first kappa shape index (κ1) is 19.9. The van der Waals surface area contributed by atoms with Gasteiger partial charge in [-0.25, -0.2) is 4.79 Å². The van der Waals surface area contributed by atoms with Gasteiger partial charge in [-0.1, -0.05) is 56.0 Å². The van der Waals surface area contributed by atoms with Crippen LogP contribution in [0.15, 0.2) is 35.9 Å². The van der Waals surface area contributed by atoms with Gasteiger partial charge in [-0.3, -0.25) is 9.59 Å². The third-order valence-electron chi connectivity index (χ3n) is 4.46. The maximum Gasteiger partial charge on any atom is 0.341 e. The van der Waals surface area contributed by atoms with E-state index in [0.717, 1.165) is 31.2 Å². The molecule has 1 aromatic carbocycles. The molecule has 0 amide bonds. The minimum atomic E-state index is -0.702. The Morgan fingerprint density at radius 1 is 0.962 bits per heavy atom. The van der Waals surface area contributed by atoms with E-state index in [0.29, 0.717) is 0 Å². The number of carbonyl (C=O) groups is 3. The molecule has 1 aromatic rings. The smallest absolute Gasteiger partial charge is 0.341 e. The lowest BCUT2D eigenvalue weighted by Crippen LogP contribution is -2.21. The van der Waals surface area contributed by atoms with Crippen LogP contribution in [0.3, 0.4) is 0 Å². The van der Waals surface area contributed by atoms with Crippen LogP contribution in [0.25, 0.3) is 6.08 Å². The molecule has 5 heteroatoms. The van der Waals surface area contributed by atoms with Crippen molar-refractivity contribution in [2.24, 2.45) is 5.92 Å². The first-order valence-corrected chi connectivity index (χ1v) is 9.19. The molecule has 0 atom stereocenters. The molecule has 140 valence electrons. The van der Waals surface area contributed by atoms with Gasteiger partial charge in [0.2, 0.25) is 0 Å². The molecule has 0 bridgehead atoms. The summed E-state index contributed by atoms with van der Waals surface area (Å²) in [6.07, 6.45) is 7.69. The molecule has 0 saturated heterocycles. The van der Waals surface area contributed by atoms with Crippen LogP contribution >= 0.6 is 0 Å². The average Bonchev–Trinajstić information content (AvgIpc) is 2.93. The van der Waals surface area contributed by atoms with Gasteiger partial charge in [-0.2, -0.15) is 0 Å². The van der Waals surface area contributed by atoms with E-state index < -0.39 is 5.97 Å². The SMILES string of the molecule is CC(=O)/C(=C\c1ccccc1)C(=O)OCCOC(=O)C1CCCCCC1. The van der Waals surface area contributed by atoms with Gasteiger partial charge in [-0.15, -0.1) is 0 Å². The molecule has 5 nitrogen and oxygen atoms in total. The molecular weight excluding hydrogens is 332 g/mol. The van der Waals surface area contributed by atoms with Crippen LogP contribution in [0, 0.1) is 5.92 Å². The van der Waals surface area contributed by atoms with Gasteiger partial charge in [0.05, 0.1) is 5.92 Å². The van der Waals surface area contributed by atoms with Crippen molar-refractivity contribution in [2.45, 2.75) is 45.4 Å². The topological polar surface area (TPSA) is 69.7 Å². The lowest BCUT2D eigenvalue weighted by molar-refractivity contribution is -0.154. The zero-order valence-corrected chi connectivity index (χ0v) is 15.2. The first-order valence-electron chi connectivity index (χ1n) is 9.19. The summed E-state index contributed by atoms with van der Waals surface area (Å²) in [6.45, 7) is 1.27. The summed E-state index contributed by atoms with van der Waals surface area (Å²) in [7, 11) is 0. The predicted octanol–water partition coefficient (Wildman–Crippen LogP) is 3.72. The predicted molar refractivity (Wildman–Crippen MR) is 98.2 cm³/mol. The minimum absolute atomic E-state index is 0.0115. The van der Waals surface area contributed by atoms with Crippen molar-refractivity contribution in [3.63, 3.8) is 0 Å². The molecule has 0 spiro atoms. The van der Waals surface area contributed by atoms with E-state index in [-0.39, 0.29) is 36.5 Å². The van der Waals surface area contributed by atoms with E-state index in [9.17, 15) is 14.4 Å². The van der Waals surface area contributed by atoms with Crippen LogP contribution in [0.4, 0.5) is 0 Å². The van der Waals surface area contributed by atoms with Crippen molar-refractivity contribution < 1.29 is 23.9 Å². The van der Waals surface area contributed by atoms with Crippen molar-refractivity contribution in [3.8, 4) is 0 Å². The molecule has 1 aliphatic carbocycles. The van der Waals surface area contributed by atoms with Gasteiger partial charge in [-0.05, 0) is 31.4 Å². The summed E-state index contributed by atoms with van der Waals surface area (Å²) in [5, 5.41) is 0. The fraction of sp³-hybridized carbons (Fsp3) is 0.476. The van der Waals surface area contributed by atoms with Gasteiger partial charge in [0.25, 0.3) is 0 Å². The molecule has 0 N–H and O–H groups in total. The number of esters is 2. The Hall–Kier alpha value is -2.43. The monoisotopic (exact) mass is 358 g/mol. The fourth-order valence-electron chi connectivity index (χ4n) is 3.01. The molecule has 2 rings (SSSR count). The highest BCUT2D eigenvalue weighted by atomic mass is 16.6. The minimum Gasteiger partial charge on any atom is -0.462 e. The summed E-state index contributed by atoms with van der Waals surface area (Å²) >= 11 is 0. The van der Waals surface area contributed by atoms with Crippen LogP contribution in [0.1, 0.15) is 51.0 Å². The van der Waals surface area contributed by atoms with Crippen LogP contribution < -0.4 is 0 Å². The van der Waals surface area contributed by atoms with Crippen molar-refractivity contribution in [3.05, 3.63) is 41.5 Å². The highest BCUT2D eigenvalue weighted by Gasteiger charge is 2.21. The van der Waals surface area contributed by atoms with Crippen LogP contribution in [-0.2, 0) is 23.9 Å². The lowest BCUT2D eigenvalue weighted by Gasteiger charge is -2.13. The molecule has 0 aromatic heterocycles. The van der Waals surface area contributed by atoms with Gasteiger partial charge in [0, 0.05) is 0 Å². The maximum absolute atomic E-state index is 12.1. The first-order chi connectivity index (χ1) is 12.6. The Morgan fingerprint density at radius 2 is 1.58 bits per heavy atom. The van der Waals surface area contributed by atoms with Gasteiger partial charge < -0.3 is 9.47 Å². The van der Waals surface area contributed by atoms with Crippen LogP contribution in [-0.4, -0.2) is 30.9 Å². The third kappa shape index (κ3) is 6.47. The molecule has 26 heavy (non-hydrogen) atoms. The average molecular weight is 358 g/mol. The summed E-state index contributed by atoms with van der Waals surface area (Å²) in [6, 6.07) is 9.09. The van der Waals surface area contributed by atoms with E-state index in [4.69, 9.17) is 9.47 Å². The zero-order chi connectivity index (χ0) is 18.8. The number of Topliss-reactive ketones (excluding diaryl/α,β-unsaturated/α-hetero) is 1. The van der Waals surface area contributed by atoms with Crippen molar-refractivity contribution in [2.75, 3.05) is 13.2 Å². The molecule has 0 heterocycles. The highest BCUT2D eigenvalue weighted by molar-refractivity contribution is 6.19. The molecule has 0 radical (unpaired) electrons. The summed E-state index contributed by atoms with van der Waals surface area (Å²) in [4.78, 5) is 35.9.